The van der Waals surface area contributed by atoms with Crippen molar-refractivity contribution in [3.8, 4) is 12.1 Å². The molecule has 1 aromatic rings. The number of amides is 1. The van der Waals surface area contributed by atoms with Crippen molar-refractivity contribution >= 4 is 6.09 Å². The van der Waals surface area contributed by atoms with E-state index in [1.165, 1.54) is 0 Å². The van der Waals surface area contributed by atoms with Crippen LogP contribution in [-0.2, 0) is 4.74 Å². The van der Waals surface area contributed by atoms with Crippen molar-refractivity contribution < 1.29 is 9.53 Å². The van der Waals surface area contributed by atoms with Crippen LogP contribution < -0.4 is 0 Å². The highest BCUT2D eigenvalue weighted by Gasteiger charge is 2.64. The maximum Gasteiger partial charge on any atom is 0.410 e. The van der Waals surface area contributed by atoms with Gasteiger partial charge in [-0.15, -0.1) is 0 Å². The molecule has 0 aromatic heterocycles. The van der Waals surface area contributed by atoms with E-state index in [2.05, 4.69) is 12.1 Å². The summed E-state index contributed by atoms with van der Waals surface area (Å²) in [5, 5.41) is 18.8. The molecule has 1 aromatic carbocycles. The van der Waals surface area contributed by atoms with E-state index >= 15 is 0 Å². The second-order valence-corrected chi connectivity index (χ2v) is 7.65. The SMILES string of the molecule is CC(C)(C)OC(=O)N1CC(c2cccc(C#N)c2)[C@H](C#N)C12CC2. The fourth-order valence-electron chi connectivity index (χ4n) is 3.66. The topological polar surface area (TPSA) is 77.1 Å². The molecule has 1 amide bonds. The van der Waals surface area contributed by atoms with Crippen molar-refractivity contribution in [1.29, 1.82) is 10.5 Å². The van der Waals surface area contributed by atoms with Crippen molar-refractivity contribution in [2.45, 2.75) is 50.7 Å². The number of nitriles is 2. The standard InChI is InChI=1S/C19H21N3O2/c1-18(2,3)24-17(23)22-12-15(16(11-21)19(22)7-8-19)14-6-4-5-13(9-14)10-20/h4-6,9,15-16H,7-8,12H2,1-3H3/t15?,16-/m0/s1. The molecule has 2 atom stereocenters. The molecule has 5 nitrogen and oxygen atoms in total. The Morgan fingerprint density at radius 3 is 2.58 bits per heavy atom. The number of rotatable bonds is 1. The second kappa shape index (κ2) is 5.53. The van der Waals surface area contributed by atoms with Crippen molar-refractivity contribution in [3.63, 3.8) is 0 Å². The van der Waals surface area contributed by atoms with Gasteiger partial charge < -0.3 is 9.64 Å². The highest BCUT2D eigenvalue weighted by Crippen LogP contribution is 2.57. The first-order chi connectivity index (χ1) is 11.3. The molecule has 1 saturated carbocycles. The Morgan fingerprint density at radius 2 is 2.04 bits per heavy atom. The number of hydrogen-bond acceptors (Lipinski definition) is 4. The molecule has 1 aliphatic heterocycles. The molecule has 124 valence electrons. The van der Waals surface area contributed by atoms with Gasteiger partial charge in [-0.1, -0.05) is 12.1 Å². The maximum atomic E-state index is 12.6. The van der Waals surface area contributed by atoms with Gasteiger partial charge in [0.1, 0.15) is 5.60 Å². The highest BCUT2D eigenvalue weighted by molar-refractivity contribution is 5.71. The Morgan fingerprint density at radius 1 is 1.33 bits per heavy atom. The van der Waals surface area contributed by atoms with Gasteiger partial charge >= 0.3 is 6.09 Å². The Balaban J connectivity index is 1.92. The van der Waals surface area contributed by atoms with Crippen LogP contribution in [0.15, 0.2) is 24.3 Å². The molecular formula is C19H21N3O2. The van der Waals surface area contributed by atoms with Gasteiger partial charge in [-0.25, -0.2) is 4.79 Å². The van der Waals surface area contributed by atoms with Crippen LogP contribution in [0.5, 0.6) is 0 Å². The molecule has 5 heteroatoms. The van der Waals surface area contributed by atoms with Gasteiger partial charge in [0.15, 0.2) is 0 Å². The summed E-state index contributed by atoms with van der Waals surface area (Å²) >= 11 is 0. The summed E-state index contributed by atoms with van der Waals surface area (Å²) in [5.74, 6) is -0.350. The van der Waals surface area contributed by atoms with E-state index < -0.39 is 11.1 Å². The lowest BCUT2D eigenvalue weighted by molar-refractivity contribution is 0.0190. The average molecular weight is 323 g/mol. The zero-order chi connectivity index (χ0) is 17.5. The molecule has 24 heavy (non-hydrogen) atoms. The minimum absolute atomic E-state index is 0.0849. The van der Waals surface area contributed by atoms with Crippen LogP contribution in [0, 0.1) is 28.6 Å². The summed E-state index contributed by atoms with van der Waals surface area (Å²) in [5.41, 5.74) is 0.557. The van der Waals surface area contributed by atoms with Crippen LogP contribution in [-0.4, -0.2) is 28.7 Å². The third kappa shape index (κ3) is 2.71. The Bertz CT molecular complexity index is 747. The van der Waals surface area contributed by atoms with Crippen molar-refractivity contribution in [2.75, 3.05) is 6.54 Å². The van der Waals surface area contributed by atoms with Gasteiger partial charge in [-0.2, -0.15) is 10.5 Å². The molecule has 1 unspecified atom stereocenters. The molecule has 2 aliphatic rings. The van der Waals surface area contributed by atoms with Gasteiger partial charge in [0, 0.05) is 12.5 Å². The van der Waals surface area contributed by atoms with Crippen LogP contribution >= 0.6 is 0 Å². The fraction of sp³-hybridized carbons (Fsp3) is 0.526. The number of carbonyl (C=O) groups excluding carboxylic acids is 1. The molecule has 1 spiro atoms. The number of hydrogen-bond donors (Lipinski definition) is 0. The van der Waals surface area contributed by atoms with Gasteiger partial charge in [0.2, 0.25) is 0 Å². The molecule has 3 rings (SSSR count). The number of ether oxygens (including phenoxy) is 1. The molecule has 1 saturated heterocycles. The molecular weight excluding hydrogens is 302 g/mol. The zero-order valence-corrected chi connectivity index (χ0v) is 14.2. The predicted octanol–water partition coefficient (Wildman–Crippen LogP) is 3.56. The molecule has 1 heterocycles. The summed E-state index contributed by atoms with van der Waals surface area (Å²) in [7, 11) is 0. The molecule has 0 N–H and O–H groups in total. The molecule has 1 aliphatic carbocycles. The summed E-state index contributed by atoms with van der Waals surface area (Å²) in [6, 6.07) is 11.9. The monoisotopic (exact) mass is 323 g/mol. The van der Waals surface area contributed by atoms with Crippen LogP contribution in [0.3, 0.4) is 0 Å². The first-order valence-corrected chi connectivity index (χ1v) is 8.21. The van der Waals surface area contributed by atoms with E-state index in [1.807, 2.05) is 39.0 Å². The van der Waals surface area contributed by atoms with Gasteiger partial charge in [-0.05, 0) is 51.3 Å². The maximum absolute atomic E-state index is 12.6. The van der Waals surface area contributed by atoms with E-state index in [1.54, 1.807) is 11.0 Å². The third-order valence-electron chi connectivity index (χ3n) is 4.86. The lowest BCUT2D eigenvalue weighted by Gasteiger charge is -2.29. The summed E-state index contributed by atoms with van der Waals surface area (Å²) in [6.45, 7) is 5.99. The number of benzene rings is 1. The normalized spacial score (nSPS) is 24.3. The summed E-state index contributed by atoms with van der Waals surface area (Å²) < 4.78 is 5.54. The van der Waals surface area contributed by atoms with E-state index in [0.717, 1.165) is 18.4 Å². The van der Waals surface area contributed by atoms with Gasteiger partial charge in [0.25, 0.3) is 0 Å². The van der Waals surface area contributed by atoms with Crippen molar-refractivity contribution in [2.24, 2.45) is 5.92 Å². The zero-order valence-electron chi connectivity index (χ0n) is 14.2. The largest absolute Gasteiger partial charge is 0.444 e. The van der Waals surface area contributed by atoms with E-state index in [0.29, 0.717) is 12.1 Å². The van der Waals surface area contributed by atoms with Crippen LogP contribution in [0.4, 0.5) is 4.79 Å². The molecule has 0 radical (unpaired) electrons. The van der Waals surface area contributed by atoms with Crippen LogP contribution in [0.25, 0.3) is 0 Å². The average Bonchev–Trinajstić information content (AvgIpc) is 3.22. The molecule has 0 bridgehead atoms. The Hall–Kier alpha value is -2.53. The Kier molecular flexibility index (Phi) is 3.76. The fourth-order valence-corrected chi connectivity index (χ4v) is 3.66. The predicted molar refractivity (Wildman–Crippen MR) is 87.9 cm³/mol. The highest BCUT2D eigenvalue weighted by atomic mass is 16.6. The smallest absolute Gasteiger partial charge is 0.410 e. The quantitative estimate of drug-likeness (QED) is 0.791. The number of likely N-dealkylation sites (tertiary alicyclic amines) is 1. The van der Waals surface area contributed by atoms with Gasteiger partial charge in [-0.3, -0.25) is 0 Å². The lowest BCUT2D eigenvalue weighted by atomic mass is 9.84. The minimum atomic E-state index is -0.561. The van der Waals surface area contributed by atoms with Crippen molar-refractivity contribution in [3.05, 3.63) is 35.4 Å². The van der Waals surface area contributed by atoms with Gasteiger partial charge in [0.05, 0.1) is 29.2 Å². The Labute approximate surface area is 142 Å². The lowest BCUT2D eigenvalue weighted by Crippen LogP contribution is -2.42. The number of carbonyl (C=O) groups is 1. The van der Waals surface area contributed by atoms with E-state index in [-0.39, 0.29) is 17.9 Å². The second-order valence-electron chi connectivity index (χ2n) is 7.65. The first-order valence-electron chi connectivity index (χ1n) is 8.21. The number of nitrogens with zero attached hydrogens (tertiary/aromatic N) is 3. The third-order valence-corrected chi connectivity index (χ3v) is 4.86. The molecule has 2 fully saturated rings. The summed E-state index contributed by atoms with van der Waals surface area (Å²) in [4.78, 5) is 14.4. The van der Waals surface area contributed by atoms with Crippen LogP contribution in [0.1, 0.15) is 50.7 Å². The van der Waals surface area contributed by atoms with Crippen molar-refractivity contribution in [1.82, 2.24) is 4.90 Å². The van der Waals surface area contributed by atoms with Crippen LogP contribution in [0.2, 0.25) is 0 Å². The summed E-state index contributed by atoms with van der Waals surface area (Å²) in [6.07, 6.45) is 1.32. The first kappa shape index (κ1) is 16.3. The van der Waals surface area contributed by atoms with E-state index in [9.17, 15) is 10.1 Å². The minimum Gasteiger partial charge on any atom is -0.444 e. The van der Waals surface area contributed by atoms with E-state index in [4.69, 9.17) is 10.00 Å².